The molecule has 10 rings (SSSR count). The third-order valence-electron chi connectivity index (χ3n) is 10.3. The number of nitrogens with zero attached hydrogens (tertiary/aromatic N) is 1. The molecule has 0 amide bonds. The summed E-state index contributed by atoms with van der Waals surface area (Å²) in [6, 6.07) is 71.5. The number of rotatable bonds is 6. The fourth-order valence-electron chi connectivity index (χ4n) is 7.72. The molecule has 9 aromatic carbocycles. The molecular weight excluding hydrogens is 631 g/mol. The Bertz CT molecular complexity index is 2870. The van der Waals surface area contributed by atoms with Crippen molar-refractivity contribution < 1.29 is 4.42 Å². The smallest absolute Gasteiger partial charge is 0.143 e. The molecule has 0 saturated carbocycles. The second-order valence-corrected chi connectivity index (χ2v) is 13.3. The van der Waals surface area contributed by atoms with Gasteiger partial charge in [0, 0.05) is 33.2 Å². The first-order valence-corrected chi connectivity index (χ1v) is 17.8. The van der Waals surface area contributed by atoms with E-state index in [0.29, 0.717) is 0 Å². The predicted octanol–water partition coefficient (Wildman–Crippen LogP) is 14.4. The standard InChI is InChI=1S/C50H33NO/c1-3-12-34(13-4-1)35-22-27-40(28-23-35)51(39-16-5-2-6-17-39)41-29-24-36(25-30-41)38-26-31-45-48-33-47(43-21-11-15-37-14-7-8-18-42(37)43)44-19-9-10-20-46(44)50(48)52-49(45)32-38/h1-33H. The minimum absolute atomic E-state index is 0.890. The molecule has 0 saturated heterocycles. The average Bonchev–Trinajstić information content (AvgIpc) is 3.60. The van der Waals surface area contributed by atoms with Crippen molar-refractivity contribution in [3.63, 3.8) is 0 Å². The minimum atomic E-state index is 0.890. The number of furan rings is 1. The predicted molar refractivity (Wildman–Crippen MR) is 220 cm³/mol. The lowest BCUT2D eigenvalue weighted by molar-refractivity contribution is 0.673. The van der Waals surface area contributed by atoms with Crippen molar-refractivity contribution in [3.8, 4) is 33.4 Å². The highest BCUT2D eigenvalue weighted by molar-refractivity contribution is 6.20. The number of hydrogen-bond acceptors (Lipinski definition) is 2. The van der Waals surface area contributed by atoms with Gasteiger partial charge in [0.2, 0.25) is 0 Å². The van der Waals surface area contributed by atoms with Crippen molar-refractivity contribution in [2.45, 2.75) is 0 Å². The summed E-state index contributed by atoms with van der Waals surface area (Å²) in [5.41, 5.74) is 12.3. The van der Waals surface area contributed by atoms with Crippen LogP contribution in [0.1, 0.15) is 0 Å². The molecule has 0 unspecified atom stereocenters. The van der Waals surface area contributed by atoms with Crippen LogP contribution in [0, 0.1) is 0 Å². The summed E-state index contributed by atoms with van der Waals surface area (Å²) in [4.78, 5) is 2.31. The van der Waals surface area contributed by atoms with Gasteiger partial charge in [-0.2, -0.15) is 0 Å². The molecule has 0 aliphatic carbocycles. The fraction of sp³-hybridized carbons (Fsp3) is 0. The summed E-state index contributed by atoms with van der Waals surface area (Å²) in [6.07, 6.45) is 0. The van der Waals surface area contributed by atoms with Gasteiger partial charge < -0.3 is 9.32 Å². The normalized spacial score (nSPS) is 11.5. The zero-order valence-electron chi connectivity index (χ0n) is 28.4. The zero-order chi connectivity index (χ0) is 34.4. The van der Waals surface area contributed by atoms with Gasteiger partial charge in [0.05, 0.1) is 0 Å². The van der Waals surface area contributed by atoms with Gasteiger partial charge in [-0.05, 0) is 104 Å². The van der Waals surface area contributed by atoms with E-state index in [1.807, 2.05) is 0 Å². The Morgan fingerprint density at radius 3 is 1.58 bits per heavy atom. The Kier molecular flexibility index (Phi) is 7.18. The van der Waals surface area contributed by atoms with Crippen molar-refractivity contribution in [3.05, 3.63) is 200 Å². The highest BCUT2D eigenvalue weighted by Crippen LogP contribution is 2.43. The van der Waals surface area contributed by atoms with E-state index in [1.165, 1.54) is 38.4 Å². The maximum absolute atomic E-state index is 6.72. The Balaban J connectivity index is 1.04. The van der Waals surface area contributed by atoms with Crippen LogP contribution in [0.5, 0.6) is 0 Å². The molecule has 0 radical (unpaired) electrons. The van der Waals surface area contributed by atoms with Crippen LogP contribution >= 0.6 is 0 Å². The van der Waals surface area contributed by atoms with Crippen molar-refractivity contribution in [2.75, 3.05) is 4.90 Å². The van der Waals surface area contributed by atoms with E-state index >= 15 is 0 Å². The van der Waals surface area contributed by atoms with Gasteiger partial charge in [-0.3, -0.25) is 0 Å². The number of para-hydroxylation sites is 1. The Hall–Kier alpha value is -6.90. The molecular formula is C50H33NO. The van der Waals surface area contributed by atoms with Crippen LogP contribution in [0.3, 0.4) is 0 Å². The SMILES string of the molecule is c1ccc(-c2ccc(N(c3ccccc3)c3ccc(-c4ccc5c(c4)oc4c6ccccc6c(-c6cccc7ccccc67)cc54)cc3)cc2)cc1. The largest absolute Gasteiger partial charge is 0.455 e. The first-order chi connectivity index (χ1) is 25.8. The van der Waals surface area contributed by atoms with Crippen LogP contribution in [0.15, 0.2) is 205 Å². The first kappa shape index (κ1) is 30.0. The van der Waals surface area contributed by atoms with E-state index in [1.54, 1.807) is 0 Å². The molecule has 244 valence electrons. The highest BCUT2D eigenvalue weighted by Gasteiger charge is 2.17. The highest BCUT2D eigenvalue weighted by atomic mass is 16.3. The van der Waals surface area contributed by atoms with Crippen LogP contribution in [-0.2, 0) is 0 Å². The molecule has 0 atom stereocenters. The second-order valence-electron chi connectivity index (χ2n) is 13.3. The van der Waals surface area contributed by atoms with Crippen LogP contribution in [0.4, 0.5) is 17.1 Å². The second kappa shape index (κ2) is 12.5. The van der Waals surface area contributed by atoms with Gasteiger partial charge in [0.1, 0.15) is 11.2 Å². The topological polar surface area (TPSA) is 16.4 Å². The lowest BCUT2D eigenvalue weighted by Crippen LogP contribution is -2.09. The van der Waals surface area contributed by atoms with E-state index in [2.05, 4.69) is 205 Å². The van der Waals surface area contributed by atoms with Gasteiger partial charge in [0.15, 0.2) is 0 Å². The van der Waals surface area contributed by atoms with Crippen molar-refractivity contribution in [1.82, 2.24) is 0 Å². The molecule has 10 aromatic rings. The maximum Gasteiger partial charge on any atom is 0.143 e. The molecule has 1 aromatic heterocycles. The molecule has 1 heterocycles. The van der Waals surface area contributed by atoms with Crippen LogP contribution in [-0.4, -0.2) is 0 Å². The summed E-state index contributed by atoms with van der Waals surface area (Å²) in [5, 5.41) is 7.07. The van der Waals surface area contributed by atoms with Crippen LogP contribution in [0.2, 0.25) is 0 Å². The molecule has 2 heteroatoms. The van der Waals surface area contributed by atoms with Crippen molar-refractivity contribution >= 4 is 60.5 Å². The average molecular weight is 664 g/mol. The monoisotopic (exact) mass is 663 g/mol. The van der Waals surface area contributed by atoms with E-state index in [9.17, 15) is 0 Å². The van der Waals surface area contributed by atoms with E-state index in [0.717, 1.165) is 55.5 Å². The third kappa shape index (κ3) is 5.12. The van der Waals surface area contributed by atoms with Gasteiger partial charge in [-0.25, -0.2) is 0 Å². The lowest BCUT2D eigenvalue weighted by Gasteiger charge is -2.26. The quantitative estimate of drug-likeness (QED) is 0.176. The van der Waals surface area contributed by atoms with Gasteiger partial charge in [-0.1, -0.05) is 146 Å². The lowest BCUT2D eigenvalue weighted by atomic mass is 9.92. The molecule has 0 aliphatic rings. The first-order valence-electron chi connectivity index (χ1n) is 17.8. The van der Waals surface area contributed by atoms with Gasteiger partial charge >= 0.3 is 0 Å². The Morgan fingerprint density at radius 1 is 0.308 bits per heavy atom. The Labute approximate surface area is 302 Å². The van der Waals surface area contributed by atoms with E-state index < -0.39 is 0 Å². The molecule has 0 N–H and O–H groups in total. The minimum Gasteiger partial charge on any atom is -0.455 e. The van der Waals surface area contributed by atoms with Crippen molar-refractivity contribution in [2.24, 2.45) is 0 Å². The third-order valence-corrected chi connectivity index (χ3v) is 10.3. The van der Waals surface area contributed by atoms with Crippen molar-refractivity contribution in [1.29, 1.82) is 0 Å². The molecule has 0 fully saturated rings. The van der Waals surface area contributed by atoms with Gasteiger partial charge in [0.25, 0.3) is 0 Å². The number of anilines is 3. The molecule has 0 bridgehead atoms. The summed E-state index contributed by atoms with van der Waals surface area (Å²) in [7, 11) is 0. The zero-order valence-corrected chi connectivity index (χ0v) is 28.4. The number of hydrogen-bond donors (Lipinski definition) is 0. The Morgan fingerprint density at radius 2 is 0.846 bits per heavy atom. The van der Waals surface area contributed by atoms with E-state index in [-0.39, 0.29) is 0 Å². The molecule has 0 spiro atoms. The molecule has 0 aliphatic heterocycles. The number of benzene rings is 9. The maximum atomic E-state index is 6.72. The van der Waals surface area contributed by atoms with E-state index in [4.69, 9.17) is 4.42 Å². The summed E-state index contributed by atoms with van der Waals surface area (Å²) in [5.74, 6) is 0. The summed E-state index contributed by atoms with van der Waals surface area (Å²) >= 11 is 0. The summed E-state index contributed by atoms with van der Waals surface area (Å²) in [6.45, 7) is 0. The van der Waals surface area contributed by atoms with Crippen LogP contribution < -0.4 is 4.90 Å². The molecule has 52 heavy (non-hydrogen) atoms. The van der Waals surface area contributed by atoms with Gasteiger partial charge in [-0.15, -0.1) is 0 Å². The fourth-order valence-corrected chi connectivity index (χ4v) is 7.72. The number of fused-ring (bicyclic) bond motifs is 6. The van der Waals surface area contributed by atoms with Crippen LogP contribution in [0.25, 0.3) is 76.9 Å². The summed E-state index contributed by atoms with van der Waals surface area (Å²) < 4.78 is 6.72. The molecule has 2 nitrogen and oxygen atoms in total.